The van der Waals surface area contributed by atoms with Gasteiger partial charge in [0.25, 0.3) is 0 Å². The number of benzene rings is 2. The van der Waals surface area contributed by atoms with E-state index in [1.165, 1.54) is 0 Å². The minimum Gasteiger partial charge on any atom is -0.382 e. The normalized spacial score (nSPS) is 17.2. The van der Waals surface area contributed by atoms with Crippen molar-refractivity contribution in [1.82, 2.24) is 9.88 Å². The molecule has 0 saturated carbocycles. The minimum absolute atomic E-state index is 0.0285. The lowest BCUT2D eigenvalue weighted by Crippen LogP contribution is -2.47. The number of piperazine rings is 1. The number of ketones is 1. The second-order valence-corrected chi connectivity index (χ2v) is 10.8. The lowest BCUT2D eigenvalue weighted by molar-refractivity contribution is 0.0563. The molecule has 2 aliphatic rings. The quantitative estimate of drug-likeness (QED) is 0.437. The summed E-state index contributed by atoms with van der Waals surface area (Å²) in [7, 11) is 1.68. The third kappa shape index (κ3) is 4.35. The molecule has 5 rings (SSSR count). The van der Waals surface area contributed by atoms with Crippen molar-refractivity contribution in [1.29, 1.82) is 5.26 Å². The van der Waals surface area contributed by atoms with Crippen LogP contribution in [0.5, 0.6) is 0 Å². The molecule has 8 heteroatoms. The number of carbonyl (C=O) groups is 1. The summed E-state index contributed by atoms with van der Waals surface area (Å²) in [6.45, 7) is 11.0. The Morgan fingerprint density at radius 1 is 1.11 bits per heavy atom. The maximum atomic E-state index is 13.7. The standard InChI is InChI=1S/C28H31BrN4O3/c1-28(2)21-16-24(33-8-6-32(7-9-33)10-11-36-13-12-35-3)22(29)15-20(21)26(34)25-19-5-4-18(17-30)14-23(19)31-27(25)28/h4-5,14-16,31H,6-13H2,1-3H3. The Hall–Kier alpha value is -2.70. The number of nitriles is 1. The van der Waals surface area contributed by atoms with Gasteiger partial charge in [0.2, 0.25) is 0 Å². The zero-order valence-electron chi connectivity index (χ0n) is 21.0. The Morgan fingerprint density at radius 2 is 1.89 bits per heavy atom. The molecule has 2 heterocycles. The number of halogens is 1. The molecular formula is C28H31BrN4O3. The zero-order chi connectivity index (χ0) is 25.4. The first-order valence-electron chi connectivity index (χ1n) is 12.3. The van der Waals surface area contributed by atoms with Gasteiger partial charge in [0.1, 0.15) is 0 Å². The topological polar surface area (TPSA) is 81.6 Å². The van der Waals surface area contributed by atoms with Crippen LogP contribution < -0.4 is 4.90 Å². The number of hydrogen-bond donors (Lipinski definition) is 1. The van der Waals surface area contributed by atoms with E-state index in [9.17, 15) is 10.1 Å². The van der Waals surface area contributed by atoms with E-state index < -0.39 is 0 Å². The maximum absolute atomic E-state index is 13.7. The van der Waals surface area contributed by atoms with E-state index in [0.29, 0.717) is 30.9 Å². The van der Waals surface area contributed by atoms with Crippen molar-refractivity contribution in [2.45, 2.75) is 19.3 Å². The molecule has 2 aromatic carbocycles. The van der Waals surface area contributed by atoms with Gasteiger partial charge in [-0.2, -0.15) is 5.26 Å². The molecule has 0 amide bonds. The van der Waals surface area contributed by atoms with Crippen LogP contribution in [0.4, 0.5) is 5.69 Å². The largest absolute Gasteiger partial charge is 0.382 e. The van der Waals surface area contributed by atoms with Crippen molar-refractivity contribution in [2.24, 2.45) is 0 Å². The first-order valence-corrected chi connectivity index (χ1v) is 13.1. The molecule has 0 bridgehead atoms. The first-order chi connectivity index (χ1) is 17.3. The highest BCUT2D eigenvalue weighted by molar-refractivity contribution is 9.10. The molecule has 1 aromatic heterocycles. The van der Waals surface area contributed by atoms with Gasteiger partial charge in [-0.1, -0.05) is 19.9 Å². The summed E-state index contributed by atoms with van der Waals surface area (Å²) in [6, 6.07) is 11.9. The van der Waals surface area contributed by atoms with Gasteiger partial charge in [-0.15, -0.1) is 0 Å². The van der Waals surface area contributed by atoms with Crippen molar-refractivity contribution in [3.05, 3.63) is 62.8 Å². The maximum Gasteiger partial charge on any atom is 0.195 e. The number of nitrogens with zero attached hydrogens (tertiary/aromatic N) is 3. The number of rotatable bonds is 7. The average Bonchev–Trinajstić information content (AvgIpc) is 3.27. The van der Waals surface area contributed by atoms with Gasteiger partial charge < -0.3 is 19.4 Å². The minimum atomic E-state index is -0.388. The van der Waals surface area contributed by atoms with Gasteiger partial charge in [-0.05, 0) is 45.8 Å². The highest BCUT2D eigenvalue weighted by atomic mass is 79.9. The van der Waals surface area contributed by atoms with Crippen molar-refractivity contribution in [3.8, 4) is 6.07 Å². The SMILES string of the molecule is COCCOCCN1CCN(c2cc3c(cc2Br)C(=O)c2c([nH]c4cc(C#N)ccc24)C3(C)C)CC1. The van der Waals surface area contributed by atoms with Crippen LogP contribution >= 0.6 is 15.9 Å². The van der Waals surface area contributed by atoms with Gasteiger partial charge in [0, 0.05) is 71.9 Å². The van der Waals surface area contributed by atoms with E-state index in [1.54, 1.807) is 13.2 Å². The third-order valence-electron chi connectivity index (χ3n) is 7.48. The summed E-state index contributed by atoms with van der Waals surface area (Å²) < 4.78 is 11.6. The van der Waals surface area contributed by atoms with E-state index in [4.69, 9.17) is 9.47 Å². The number of hydrogen-bond acceptors (Lipinski definition) is 6. The summed E-state index contributed by atoms with van der Waals surface area (Å²) in [5.41, 5.74) is 5.53. The number of H-pyrrole nitrogens is 1. The lowest BCUT2D eigenvalue weighted by atomic mass is 9.71. The number of carbonyl (C=O) groups excluding carboxylic acids is 1. The molecule has 1 fully saturated rings. The van der Waals surface area contributed by atoms with Crippen LogP contribution in [-0.4, -0.2) is 75.3 Å². The summed E-state index contributed by atoms with van der Waals surface area (Å²) in [4.78, 5) is 22.0. The molecule has 0 radical (unpaired) electrons. The molecular weight excluding hydrogens is 520 g/mol. The molecule has 1 aliphatic carbocycles. The van der Waals surface area contributed by atoms with Crippen LogP contribution in [-0.2, 0) is 14.9 Å². The van der Waals surface area contributed by atoms with E-state index in [-0.39, 0.29) is 11.2 Å². The van der Waals surface area contributed by atoms with E-state index in [1.807, 2.05) is 18.2 Å². The van der Waals surface area contributed by atoms with Crippen molar-refractivity contribution >= 4 is 38.3 Å². The van der Waals surface area contributed by atoms with Crippen molar-refractivity contribution in [2.75, 3.05) is 64.6 Å². The number of ether oxygens (including phenoxy) is 2. The van der Waals surface area contributed by atoms with Crippen molar-refractivity contribution < 1.29 is 14.3 Å². The predicted molar refractivity (Wildman–Crippen MR) is 144 cm³/mol. The Labute approximate surface area is 220 Å². The van der Waals surface area contributed by atoms with Gasteiger partial charge in [0.05, 0.1) is 42.7 Å². The fourth-order valence-electron chi connectivity index (χ4n) is 5.40. The highest BCUT2D eigenvalue weighted by Crippen LogP contribution is 2.46. The number of nitrogens with one attached hydrogen (secondary N) is 1. The number of aromatic amines is 1. The zero-order valence-corrected chi connectivity index (χ0v) is 22.6. The monoisotopic (exact) mass is 550 g/mol. The van der Waals surface area contributed by atoms with Gasteiger partial charge in [0.15, 0.2) is 5.78 Å². The Kier molecular flexibility index (Phi) is 6.92. The third-order valence-corrected chi connectivity index (χ3v) is 8.12. The summed E-state index contributed by atoms with van der Waals surface area (Å²) in [5, 5.41) is 10.2. The molecule has 188 valence electrons. The Bertz CT molecular complexity index is 1350. The van der Waals surface area contributed by atoms with Gasteiger partial charge in [-0.25, -0.2) is 0 Å². The predicted octanol–water partition coefficient (Wildman–Crippen LogP) is 4.46. The molecule has 3 aromatic rings. The second-order valence-electron chi connectivity index (χ2n) is 9.98. The molecule has 1 saturated heterocycles. The fourth-order valence-corrected chi connectivity index (χ4v) is 5.99. The molecule has 0 atom stereocenters. The fraction of sp³-hybridized carbons (Fsp3) is 0.429. The summed E-state index contributed by atoms with van der Waals surface area (Å²) in [6.07, 6.45) is 0. The summed E-state index contributed by atoms with van der Waals surface area (Å²) in [5.74, 6) is 0.0285. The van der Waals surface area contributed by atoms with Crippen LogP contribution in [0, 0.1) is 11.3 Å². The summed E-state index contributed by atoms with van der Waals surface area (Å²) >= 11 is 3.77. The van der Waals surface area contributed by atoms with E-state index >= 15 is 0 Å². The lowest BCUT2D eigenvalue weighted by Gasteiger charge is -2.38. The molecule has 0 unspecified atom stereocenters. The number of anilines is 1. The van der Waals surface area contributed by atoms with E-state index in [2.05, 4.69) is 56.7 Å². The first kappa shape index (κ1) is 25.0. The van der Waals surface area contributed by atoms with Crippen LogP contribution in [0.15, 0.2) is 34.8 Å². The highest BCUT2D eigenvalue weighted by Gasteiger charge is 2.40. The number of aromatic nitrogens is 1. The Morgan fingerprint density at radius 3 is 2.61 bits per heavy atom. The molecule has 36 heavy (non-hydrogen) atoms. The molecule has 0 spiro atoms. The van der Waals surface area contributed by atoms with Crippen LogP contribution in [0.2, 0.25) is 0 Å². The van der Waals surface area contributed by atoms with Crippen LogP contribution in [0.25, 0.3) is 10.9 Å². The van der Waals surface area contributed by atoms with Gasteiger partial charge in [-0.3, -0.25) is 9.69 Å². The second kappa shape index (κ2) is 9.98. The smallest absolute Gasteiger partial charge is 0.195 e. The average molecular weight is 551 g/mol. The molecule has 7 nitrogen and oxygen atoms in total. The molecule has 1 N–H and O–H groups in total. The number of fused-ring (bicyclic) bond motifs is 4. The van der Waals surface area contributed by atoms with Gasteiger partial charge >= 0.3 is 0 Å². The number of methoxy groups -OCH3 is 1. The van der Waals surface area contributed by atoms with Crippen LogP contribution in [0.1, 0.15) is 46.6 Å². The van der Waals surface area contributed by atoms with E-state index in [0.717, 1.165) is 70.6 Å². The van der Waals surface area contributed by atoms with Crippen LogP contribution in [0.3, 0.4) is 0 Å². The molecule has 1 aliphatic heterocycles. The van der Waals surface area contributed by atoms with Crippen molar-refractivity contribution in [3.63, 3.8) is 0 Å². The Balaban J connectivity index is 1.40.